The van der Waals surface area contributed by atoms with Gasteiger partial charge in [-0.05, 0) is 22.3 Å². The number of rotatable bonds is 7. The zero-order valence-corrected chi connectivity index (χ0v) is 21.9. The first-order valence-corrected chi connectivity index (χ1v) is 13.8. The van der Waals surface area contributed by atoms with E-state index in [9.17, 15) is 19.5 Å². The molecule has 0 radical (unpaired) electrons. The van der Waals surface area contributed by atoms with Gasteiger partial charge in [0.1, 0.15) is 12.3 Å². The van der Waals surface area contributed by atoms with Gasteiger partial charge in [0.2, 0.25) is 0 Å². The van der Waals surface area contributed by atoms with Crippen molar-refractivity contribution in [1.82, 2.24) is 9.55 Å². The maximum Gasteiger partial charge on any atom is 0.330 e. The molecule has 36 heavy (non-hydrogen) atoms. The van der Waals surface area contributed by atoms with Gasteiger partial charge < -0.3 is 19.1 Å². The summed E-state index contributed by atoms with van der Waals surface area (Å²) < 4.78 is 14.1. The van der Waals surface area contributed by atoms with E-state index < -0.39 is 37.5 Å². The number of carbonyl (C=O) groups excluding carboxylic acids is 1. The molecule has 1 aliphatic rings. The number of H-pyrrole nitrogens is 1. The summed E-state index contributed by atoms with van der Waals surface area (Å²) >= 11 is 0. The molecule has 2 N–H and O–H groups in total. The van der Waals surface area contributed by atoms with Crippen molar-refractivity contribution in [2.75, 3.05) is 6.61 Å². The van der Waals surface area contributed by atoms with Crippen molar-refractivity contribution >= 4 is 25.0 Å². The lowest BCUT2D eigenvalue weighted by Crippen LogP contribution is -2.67. The minimum absolute atomic E-state index is 0.0594. The predicted octanol–water partition coefficient (Wildman–Crippen LogP) is 1.64. The van der Waals surface area contributed by atoms with Crippen LogP contribution in [0.1, 0.15) is 39.0 Å². The van der Waals surface area contributed by atoms with E-state index in [-0.39, 0.29) is 18.1 Å². The second-order valence-electron chi connectivity index (χ2n) is 10.3. The first-order chi connectivity index (χ1) is 17.0. The molecule has 1 fully saturated rings. The maximum atomic E-state index is 12.4. The van der Waals surface area contributed by atoms with Crippen molar-refractivity contribution in [2.24, 2.45) is 0 Å². The van der Waals surface area contributed by atoms with E-state index in [1.165, 1.54) is 10.8 Å². The SMILES string of the molecule is Cc1cn([C@H]2C[C@@](O)(C=O)[C@@H](CO[Si](c3ccccc3)(c3ccccc3)C(C)(C)C)O2)c(=O)[nH]c1=O. The molecule has 0 bridgehead atoms. The Morgan fingerprint density at radius 3 is 2.17 bits per heavy atom. The Hall–Kier alpha value is -3.11. The third kappa shape index (κ3) is 4.55. The van der Waals surface area contributed by atoms with Crippen molar-refractivity contribution in [3.63, 3.8) is 0 Å². The van der Waals surface area contributed by atoms with E-state index in [4.69, 9.17) is 9.16 Å². The molecule has 0 saturated carbocycles. The van der Waals surface area contributed by atoms with E-state index in [2.05, 4.69) is 50.0 Å². The first-order valence-electron chi connectivity index (χ1n) is 11.9. The fourth-order valence-electron chi connectivity index (χ4n) is 5.00. The van der Waals surface area contributed by atoms with Gasteiger partial charge in [-0.2, -0.15) is 0 Å². The van der Waals surface area contributed by atoms with Gasteiger partial charge in [-0.15, -0.1) is 0 Å². The highest BCUT2D eigenvalue weighted by molar-refractivity contribution is 6.99. The molecule has 1 saturated heterocycles. The maximum absolute atomic E-state index is 12.4. The molecular formula is C27H32N2O6Si. The minimum Gasteiger partial charge on any atom is -0.405 e. The predicted molar refractivity (Wildman–Crippen MR) is 139 cm³/mol. The number of aldehydes is 1. The Kier molecular flexibility index (Phi) is 7.02. The van der Waals surface area contributed by atoms with Gasteiger partial charge in [0, 0.05) is 18.2 Å². The summed E-state index contributed by atoms with van der Waals surface area (Å²) in [6.45, 7) is 7.90. The minimum atomic E-state index is -2.94. The summed E-state index contributed by atoms with van der Waals surface area (Å²) in [6, 6.07) is 20.0. The number of carbonyl (C=O) groups is 1. The number of aryl methyl sites for hydroxylation is 1. The summed E-state index contributed by atoms with van der Waals surface area (Å²) in [6.07, 6.45) is -0.258. The fraction of sp³-hybridized carbons (Fsp3) is 0.370. The number of aromatic nitrogens is 2. The van der Waals surface area contributed by atoms with Gasteiger partial charge in [0.05, 0.1) is 6.61 Å². The topological polar surface area (TPSA) is 111 Å². The average Bonchev–Trinajstić information content (AvgIpc) is 3.19. The van der Waals surface area contributed by atoms with Crippen LogP contribution in [0.4, 0.5) is 0 Å². The van der Waals surface area contributed by atoms with Crippen molar-refractivity contribution < 1.29 is 19.1 Å². The van der Waals surface area contributed by atoms with Crippen molar-refractivity contribution in [2.45, 2.75) is 57.1 Å². The first kappa shape index (κ1) is 26.0. The van der Waals surface area contributed by atoms with E-state index in [1.807, 2.05) is 36.4 Å². The zero-order chi connectivity index (χ0) is 26.1. The summed E-state index contributed by atoms with van der Waals surface area (Å²) in [4.78, 5) is 38.5. The second kappa shape index (κ2) is 9.74. The van der Waals surface area contributed by atoms with Gasteiger partial charge >= 0.3 is 5.69 Å². The summed E-state index contributed by atoms with van der Waals surface area (Å²) in [7, 11) is -2.94. The summed E-state index contributed by atoms with van der Waals surface area (Å²) in [5, 5.41) is 13.0. The smallest absolute Gasteiger partial charge is 0.330 e. The Morgan fingerprint density at radius 1 is 1.11 bits per heavy atom. The van der Waals surface area contributed by atoms with Crippen LogP contribution >= 0.6 is 0 Å². The van der Waals surface area contributed by atoms with Crippen molar-refractivity contribution in [1.29, 1.82) is 0 Å². The van der Waals surface area contributed by atoms with Crippen LogP contribution < -0.4 is 21.6 Å². The molecule has 3 aromatic rings. The fourth-order valence-corrected chi connectivity index (χ4v) is 9.56. The molecule has 8 nitrogen and oxygen atoms in total. The zero-order valence-electron chi connectivity index (χ0n) is 20.9. The number of aliphatic hydroxyl groups is 1. The lowest BCUT2D eigenvalue weighted by molar-refractivity contribution is -0.133. The molecule has 190 valence electrons. The van der Waals surface area contributed by atoms with Gasteiger partial charge in [-0.25, -0.2) is 4.79 Å². The molecule has 4 rings (SSSR count). The highest BCUT2D eigenvalue weighted by atomic mass is 28.4. The molecule has 2 aromatic carbocycles. The van der Waals surface area contributed by atoms with E-state index in [0.717, 1.165) is 10.4 Å². The van der Waals surface area contributed by atoms with E-state index >= 15 is 0 Å². The molecule has 0 unspecified atom stereocenters. The summed E-state index contributed by atoms with van der Waals surface area (Å²) in [5.74, 6) is 0. The average molecular weight is 509 g/mol. The Morgan fingerprint density at radius 2 is 1.67 bits per heavy atom. The Labute approximate surface area is 210 Å². The van der Waals surface area contributed by atoms with Crippen LogP contribution in [0.3, 0.4) is 0 Å². The van der Waals surface area contributed by atoms with Gasteiger partial charge in [-0.1, -0.05) is 81.4 Å². The van der Waals surface area contributed by atoms with Crippen LogP contribution in [0.15, 0.2) is 76.4 Å². The van der Waals surface area contributed by atoms with Crippen LogP contribution in [-0.4, -0.2) is 47.6 Å². The molecule has 0 spiro atoms. The van der Waals surface area contributed by atoms with E-state index in [1.54, 1.807) is 6.92 Å². The molecular weight excluding hydrogens is 476 g/mol. The molecule has 1 aliphatic heterocycles. The number of hydrogen-bond donors (Lipinski definition) is 2. The largest absolute Gasteiger partial charge is 0.405 e. The Bertz CT molecular complexity index is 1290. The molecule has 9 heteroatoms. The number of nitrogens with one attached hydrogen (secondary N) is 1. The highest BCUT2D eigenvalue weighted by Gasteiger charge is 2.54. The standard InChI is InChI=1S/C27H32N2O6Si/c1-19-16-29(25(32)28-24(19)31)23-15-27(33,18-30)22(35-23)17-34-36(26(2,3)4,20-11-7-5-8-12-20)21-13-9-6-10-14-21/h5-14,16,18,22-23,33H,15,17H2,1-4H3,(H,28,31,32)/t22-,23-,27-/m1/s1. The molecule has 0 amide bonds. The molecule has 1 aromatic heterocycles. The van der Waals surface area contributed by atoms with E-state index in [0.29, 0.717) is 11.8 Å². The number of ether oxygens (including phenoxy) is 1. The van der Waals surface area contributed by atoms with Crippen molar-refractivity contribution in [3.8, 4) is 0 Å². The van der Waals surface area contributed by atoms with Crippen LogP contribution in [0.25, 0.3) is 0 Å². The van der Waals surface area contributed by atoms with Gasteiger partial charge in [0.15, 0.2) is 11.9 Å². The molecule has 2 heterocycles. The third-order valence-corrected chi connectivity index (χ3v) is 11.9. The number of hydrogen-bond acceptors (Lipinski definition) is 6. The lowest BCUT2D eigenvalue weighted by Gasteiger charge is -2.44. The van der Waals surface area contributed by atoms with Crippen LogP contribution in [0, 0.1) is 6.92 Å². The quantitative estimate of drug-likeness (QED) is 0.371. The van der Waals surface area contributed by atoms with Gasteiger partial charge in [-0.3, -0.25) is 14.3 Å². The molecule has 0 aliphatic carbocycles. The molecule has 3 atom stereocenters. The third-order valence-electron chi connectivity index (χ3n) is 6.91. The van der Waals surface area contributed by atoms with Crippen molar-refractivity contribution in [3.05, 3.63) is 93.3 Å². The second-order valence-corrected chi connectivity index (χ2v) is 14.7. The van der Waals surface area contributed by atoms with Crippen LogP contribution in [0.5, 0.6) is 0 Å². The number of nitrogens with zero attached hydrogens (tertiary/aromatic N) is 1. The summed E-state index contributed by atoms with van der Waals surface area (Å²) in [5.41, 5.74) is -2.71. The van der Waals surface area contributed by atoms with Gasteiger partial charge in [0.25, 0.3) is 13.9 Å². The lowest BCUT2D eigenvalue weighted by atomic mass is 9.97. The number of aromatic amines is 1. The normalized spacial score (nSPS) is 22.5. The number of benzene rings is 2. The Balaban J connectivity index is 1.73. The van der Waals surface area contributed by atoms with Crippen LogP contribution in [0.2, 0.25) is 5.04 Å². The monoisotopic (exact) mass is 508 g/mol. The highest BCUT2D eigenvalue weighted by Crippen LogP contribution is 2.39. The van der Waals surface area contributed by atoms with Crippen LogP contribution in [-0.2, 0) is 14.0 Å².